The fourth-order valence-corrected chi connectivity index (χ4v) is 2.26. The van der Waals surface area contributed by atoms with Gasteiger partial charge < -0.3 is 10.2 Å². The molecular weight excluding hydrogens is 212 g/mol. The Morgan fingerprint density at radius 2 is 1.88 bits per heavy atom. The third kappa shape index (κ3) is 3.68. The molecule has 2 rings (SSSR count). The predicted octanol–water partition coefficient (Wildman–Crippen LogP) is 0.813. The van der Waals surface area contributed by atoms with Crippen LogP contribution in [0.25, 0.3) is 0 Å². The summed E-state index contributed by atoms with van der Waals surface area (Å²) in [5.74, 6) is 0. The van der Waals surface area contributed by atoms with E-state index in [1.54, 1.807) is 0 Å². The Bertz CT molecular complexity index is 306. The highest BCUT2D eigenvalue weighted by Crippen LogP contribution is 2.14. The molecule has 1 aromatic rings. The minimum Gasteiger partial charge on any atom is -0.369 e. The summed E-state index contributed by atoms with van der Waals surface area (Å²) in [5.41, 5.74) is 1.30. The molecule has 0 radical (unpaired) electrons. The number of pyridine rings is 1. The minimum atomic E-state index is 1.12. The van der Waals surface area contributed by atoms with E-state index in [1.165, 1.54) is 31.7 Å². The number of anilines is 1. The summed E-state index contributed by atoms with van der Waals surface area (Å²) in [6, 6.07) is 4.19. The van der Waals surface area contributed by atoms with Crippen molar-refractivity contribution in [2.75, 3.05) is 51.2 Å². The fraction of sp³-hybridized carbons (Fsp3) is 0.615. The van der Waals surface area contributed by atoms with E-state index >= 15 is 0 Å². The Balaban J connectivity index is 1.74. The van der Waals surface area contributed by atoms with Crippen LogP contribution in [-0.4, -0.2) is 56.2 Å². The van der Waals surface area contributed by atoms with Crippen LogP contribution < -0.4 is 10.2 Å². The van der Waals surface area contributed by atoms with Crippen LogP contribution in [0.2, 0.25) is 0 Å². The second-order valence-electron chi connectivity index (χ2n) is 4.49. The molecule has 0 atom stereocenters. The van der Waals surface area contributed by atoms with Crippen molar-refractivity contribution in [2.24, 2.45) is 0 Å². The van der Waals surface area contributed by atoms with E-state index in [1.807, 2.05) is 19.4 Å². The SMILES string of the molecule is CNCCCN1CCN(c2ccncc2)CC1. The zero-order chi connectivity index (χ0) is 11.9. The summed E-state index contributed by atoms with van der Waals surface area (Å²) >= 11 is 0. The van der Waals surface area contributed by atoms with Gasteiger partial charge in [0.05, 0.1) is 0 Å². The molecule has 1 fully saturated rings. The second-order valence-corrected chi connectivity index (χ2v) is 4.49. The van der Waals surface area contributed by atoms with Crippen molar-refractivity contribution in [3.8, 4) is 0 Å². The summed E-state index contributed by atoms with van der Waals surface area (Å²) < 4.78 is 0. The highest BCUT2D eigenvalue weighted by molar-refractivity contribution is 5.44. The lowest BCUT2D eigenvalue weighted by molar-refractivity contribution is 0.254. The Labute approximate surface area is 104 Å². The number of nitrogens with one attached hydrogen (secondary N) is 1. The van der Waals surface area contributed by atoms with Gasteiger partial charge in [0.1, 0.15) is 0 Å². The van der Waals surface area contributed by atoms with Gasteiger partial charge in [0.15, 0.2) is 0 Å². The number of hydrogen-bond acceptors (Lipinski definition) is 4. The predicted molar refractivity (Wildman–Crippen MR) is 71.4 cm³/mol. The Kier molecular flexibility index (Phi) is 4.76. The first-order valence-corrected chi connectivity index (χ1v) is 6.42. The first-order valence-electron chi connectivity index (χ1n) is 6.42. The zero-order valence-electron chi connectivity index (χ0n) is 10.6. The molecule has 0 aliphatic carbocycles. The van der Waals surface area contributed by atoms with Gasteiger partial charge >= 0.3 is 0 Å². The quantitative estimate of drug-likeness (QED) is 0.764. The van der Waals surface area contributed by atoms with Crippen molar-refractivity contribution in [3.63, 3.8) is 0 Å². The van der Waals surface area contributed by atoms with Gasteiger partial charge in [-0.25, -0.2) is 0 Å². The van der Waals surface area contributed by atoms with E-state index in [9.17, 15) is 0 Å². The van der Waals surface area contributed by atoms with Crippen molar-refractivity contribution in [1.82, 2.24) is 15.2 Å². The highest BCUT2D eigenvalue weighted by atomic mass is 15.3. The lowest BCUT2D eigenvalue weighted by Crippen LogP contribution is -2.46. The van der Waals surface area contributed by atoms with Crippen LogP contribution in [0.15, 0.2) is 24.5 Å². The summed E-state index contributed by atoms with van der Waals surface area (Å²) in [4.78, 5) is 9.05. The Hall–Kier alpha value is -1.13. The van der Waals surface area contributed by atoms with Gasteiger partial charge in [-0.05, 0) is 38.7 Å². The van der Waals surface area contributed by atoms with Crippen LogP contribution in [0, 0.1) is 0 Å². The molecule has 1 N–H and O–H groups in total. The van der Waals surface area contributed by atoms with Crippen LogP contribution in [0.3, 0.4) is 0 Å². The lowest BCUT2D eigenvalue weighted by atomic mass is 10.2. The molecule has 0 bridgehead atoms. The van der Waals surface area contributed by atoms with Gasteiger partial charge in [0.25, 0.3) is 0 Å². The van der Waals surface area contributed by atoms with E-state index in [0.717, 1.165) is 19.6 Å². The molecule has 4 heteroatoms. The van der Waals surface area contributed by atoms with Crippen molar-refractivity contribution < 1.29 is 0 Å². The second kappa shape index (κ2) is 6.57. The van der Waals surface area contributed by atoms with E-state index < -0.39 is 0 Å². The summed E-state index contributed by atoms with van der Waals surface area (Å²) in [5, 5.41) is 3.20. The molecule has 0 saturated carbocycles. The number of aromatic nitrogens is 1. The number of nitrogens with zero attached hydrogens (tertiary/aromatic N) is 3. The largest absolute Gasteiger partial charge is 0.369 e. The average Bonchev–Trinajstić information content (AvgIpc) is 2.41. The monoisotopic (exact) mass is 234 g/mol. The Morgan fingerprint density at radius 3 is 2.53 bits per heavy atom. The van der Waals surface area contributed by atoms with E-state index in [2.05, 4.69) is 32.2 Å². The van der Waals surface area contributed by atoms with Crippen LogP contribution in [-0.2, 0) is 0 Å². The summed E-state index contributed by atoms with van der Waals surface area (Å²) in [6.45, 7) is 6.93. The molecule has 1 aromatic heterocycles. The van der Waals surface area contributed by atoms with Gasteiger partial charge in [-0.3, -0.25) is 9.88 Å². The van der Waals surface area contributed by atoms with Gasteiger partial charge in [0, 0.05) is 44.3 Å². The Morgan fingerprint density at radius 1 is 1.18 bits per heavy atom. The smallest absolute Gasteiger partial charge is 0.0397 e. The summed E-state index contributed by atoms with van der Waals surface area (Å²) in [6.07, 6.45) is 4.98. The molecule has 94 valence electrons. The maximum atomic E-state index is 4.06. The maximum absolute atomic E-state index is 4.06. The van der Waals surface area contributed by atoms with Crippen molar-refractivity contribution in [2.45, 2.75) is 6.42 Å². The molecule has 2 heterocycles. The van der Waals surface area contributed by atoms with Crippen molar-refractivity contribution >= 4 is 5.69 Å². The molecule has 4 nitrogen and oxygen atoms in total. The first kappa shape index (κ1) is 12.3. The minimum absolute atomic E-state index is 1.12. The number of rotatable bonds is 5. The fourth-order valence-electron chi connectivity index (χ4n) is 2.26. The van der Waals surface area contributed by atoms with Gasteiger partial charge in [0.2, 0.25) is 0 Å². The third-order valence-electron chi connectivity index (χ3n) is 3.30. The van der Waals surface area contributed by atoms with Crippen molar-refractivity contribution in [3.05, 3.63) is 24.5 Å². The number of hydrogen-bond donors (Lipinski definition) is 1. The zero-order valence-corrected chi connectivity index (χ0v) is 10.6. The van der Waals surface area contributed by atoms with Crippen LogP contribution in [0.1, 0.15) is 6.42 Å². The van der Waals surface area contributed by atoms with E-state index in [4.69, 9.17) is 0 Å². The summed E-state index contributed by atoms with van der Waals surface area (Å²) in [7, 11) is 2.02. The molecular formula is C13H22N4. The standard InChI is InChI=1S/C13H22N4/c1-14-5-2-8-16-9-11-17(12-10-16)13-3-6-15-7-4-13/h3-4,6-7,14H,2,5,8-12H2,1H3. The first-order chi connectivity index (χ1) is 8.40. The molecule has 0 aromatic carbocycles. The molecule has 0 unspecified atom stereocenters. The highest BCUT2D eigenvalue weighted by Gasteiger charge is 2.16. The van der Waals surface area contributed by atoms with Crippen LogP contribution in [0.5, 0.6) is 0 Å². The van der Waals surface area contributed by atoms with Crippen molar-refractivity contribution in [1.29, 1.82) is 0 Å². The average molecular weight is 234 g/mol. The van der Waals surface area contributed by atoms with E-state index in [-0.39, 0.29) is 0 Å². The van der Waals surface area contributed by atoms with E-state index in [0.29, 0.717) is 0 Å². The topological polar surface area (TPSA) is 31.4 Å². The molecule has 17 heavy (non-hydrogen) atoms. The lowest BCUT2D eigenvalue weighted by Gasteiger charge is -2.36. The molecule has 0 amide bonds. The molecule has 1 aliphatic heterocycles. The third-order valence-corrected chi connectivity index (χ3v) is 3.30. The number of piperazine rings is 1. The normalized spacial score (nSPS) is 17.4. The van der Waals surface area contributed by atoms with Crippen LogP contribution >= 0.6 is 0 Å². The molecule has 1 aliphatic rings. The molecule has 0 spiro atoms. The van der Waals surface area contributed by atoms with Crippen LogP contribution in [0.4, 0.5) is 5.69 Å². The van der Waals surface area contributed by atoms with Gasteiger partial charge in [-0.1, -0.05) is 0 Å². The maximum Gasteiger partial charge on any atom is 0.0397 e. The van der Waals surface area contributed by atoms with Gasteiger partial charge in [-0.2, -0.15) is 0 Å². The van der Waals surface area contributed by atoms with Gasteiger partial charge in [-0.15, -0.1) is 0 Å². The molecule has 1 saturated heterocycles.